The molecule has 0 saturated carbocycles. The number of sulfonamides is 1. The summed E-state index contributed by atoms with van der Waals surface area (Å²) in [7, 11) is -3.89. The minimum absolute atomic E-state index is 0.0373. The van der Waals surface area contributed by atoms with Gasteiger partial charge >= 0.3 is 6.03 Å². The highest BCUT2D eigenvalue weighted by Crippen LogP contribution is 2.12. The third-order valence-electron chi connectivity index (χ3n) is 2.96. The molecule has 6 heteroatoms. The molecule has 0 radical (unpaired) electrons. The second-order valence-electron chi connectivity index (χ2n) is 4.70. The van der Waals surface area contributed by atoms with Crippen LogP contribution in [0, 0.1) is 6.92 Å². The maximum absolute atomic E-state index is 12.1. The van der Waals surface area contributed by atoms with E-state index in [1.54, 1.807) is 42.5 Å². The molecule has 0 aromatic heterocycles. The Morgan fingerprint density at radius 1 is 1.05 bits per heavy atom. The van der Waals surface area contributed by atoms with Crippen molar-refractivity contribution in [2.75, 3.05) is 5.32 Å². The summed E-state index contributed by atoms with van der Waals surface area (Å²) in [5, 5.41) is 2.47. The number of nitrogens with one attached hydrogen (secondary N) is 2. The minimum atomic E-state index is -3.89. The summed E-state index contributed by atoms with van der Waals surface area (Å²) in [4.78, 5) is 11.8. The van der Waals surface area contributed by atoms with Crippen molar-refractivity contribution in [3.8, 4) is 0 Å². The molecule has 0 saturated heterocycles. The van der Waals surface area contributed by atoms with E-state index < -0.39 is 16.1 Å². The fourth-order valence-electron chi connectivity index (χ4n) is 1.76. The predicted octanol–water partition coefficient (Wildman–Crippen LogP) is 3.15. The van der Waals surface area contributed by atoms with Crippen molar-refractivity contribution in [1.82, 2.24) is 4.72 Å². The maximum Gasteiger partial charge on any atom is 0.333 e. The molecule has 2 rings (SSSR count). The third-order valence-corrected chi connectivity index (χ3v) is 4.31. The Balaban J connectivity index is 2.07. The summed E-state index contributed by atoms with van der Waals surface area (Å²) >= 11 is 0. The number of rotatable bonds is 4. The van der Waals surface area contributed by atoms with Crippen LogP contribution in [0.3, 0.4) is 0 Å². The number of hydrogen-bond donors (Lipinski definition) is 2. The SMILES string of the molecule is C=Cc1ccc(NC(=O)NS(=O)(=O)c2ccc(C)cc2)cc1. The molecule has 0 heterocycles. The average molecular weight is 316 g/mol. The van der Waals surface area contributed by atoms with Crippen molar-refractivity contribution in [2.45, 2.75) is 11.8 Å². The Labute approximate surface area is 129 Å². The standard InChI is InChI=1S/C16H16N2O3S/c1-3-13-6-8-14(9-7-13)17-16(19)18-22(20,21)15-10-4-12(2)5-11-15/h3-11H,1H2,2H3,(H2,17,18,19). The number of hydrogen-bond acceptors (Lipinski definition) is 3. The normalized spacial score (nSPS) is 10.8. The molecule has 2 aromatic carbocycles. The molecule has 2 aromatic rings. The first-order valence-electron chi connectivity index (χ1n) is 6.54. The van der Waals surface area contributed by atoms with Crippen LogP contribution in [0.25, 0.3) is 6.08 Å². The highest BCUT2D eigenvalue weighted by atomic mass is 32.2. The van der Waals surface area contributed by atoms with Gasteiger partial charge in [-0.05, 0) is 36.8 Å². The van der Waals surface area contributed by atoms with E-state index in [4.69, 9.17) is 0 Å². The first kappa shape index (κ1) is 15.8. The number of amides is 2. The Morgan fingerprint density at radius 3 is 2.18 bits per heavy atom. The summed E-state index contributed by atoms with van der Waals surface area (Å²) in [5.41, 5.74) is 2.33. The number of carbonyl (C=O) groups excluding carboxylic acids is 1. The fourth-order valence-corrected chi connectivity index (χ4v) is 2.66. The summed E-state index contributed by atoms with van der Waals surface area (Å²) in [6, 6.07) is 12.3. The Bertz CT molecular complexity index is 779. The second-order valence-corrected chi connectivity index (χ2v) is 6.38. The molecular weight excluding hydrogens is 300 g/mol. The molecule has 0 aliphatic carbocycles. The lowest BCUT2D eigenvalue weighted by Gasteiger charge is -2.09. The zero-order valence-electron chi connectivity index (χ0n) is 12.0. The lowest BCUT2D eigenvalue weighted by atomic mass is 10.2. The Hall–Kier alpha value is -2.60. The number of benzene rings is 2. The van der Waals surface area contributed by atoms with E-state index in [0.29, 0.717) is 5.69 Å². The number of anilines is 1. The van der Waals surface area contributed by atoms with Crippen LogP contribution in [-0.2, 0) is 10.0 Å². The molecule has 0 spiro atoms. The minimum Gasteiger partial charge on any atom is -0.307 e. The van der Waals surface area contributed by atoms with Gasteiger partial charge in [0.2, 0.25) is 0 Å². The van der Waals surface area contributed by atoms with Gasteiger partial charge in [-0.3, -0.25) is 0 Å². The molecule has 0 aliphatic rings. The van der Waals surface area contributed by atoms with E-state index >= 15 is 0 Å². The smallest absolute Gasteiger partial charge is 0.307 e. The quantitative estimate of drug-likeness (QED) is 0.910. The second kappa shape index (κ2) is 6.44. The zero-order chi connectivity index (χ0) is 16.2. The van der Waals surface area contributed by atoms with E-state index in [2.05, 4.69) is 11.9 Å². The first-order valence-corrected chi connectivity index (χ1v) is 8.02. The highest BCUT2D eigenvalue weighted by Gasteiger charge is 2.17. The third kappa shape index (κ3) is 3.95. The van der Waals surface area contributed by atoms with Gasteiger partial charge in [-0.25, -0.2) is 17.9 Å². The number of urea groups is 1. The summed E-state index contributed by atoms with van der Waals surface area (Å²) in [6.07, 6.45) is 1.67. The van der Waals surface area contributed by atoms with Gasteiger partial charge in [0.25, 0.3) is 10.0 Å². The van der Waals surface area contributed by atoms with E-state index in [0.717, 1.165) is 11.1 Å². The van der Waals surface area contributed by atoms with E-state index in [1.807, 2.05) is 11.6 Å². The van der Waals surface area contributed by atoms with Gasteiger partial charge in [-0.1, -0.05) is 42.5 Å². The monoisotopic (exact) mass is 316 g/mol. The predicted molar refractivity (Wildman–Crippen MR) is 87.1 cm³/mol. The van der Waals surface area contributed by atoms with E-state index in [-0.39, 0.29) is 4.90 Å². The van der Waals surface area contributed by atoms with Crippen molar-refractivity contribution in [3.05, 3.63) is 66.2 Å². The molecule has 0 bridgehead atoms. The highest BCUT2D eigenvalue weighted by molar-refractivity contribution is 7.90. The molecule has 0 aliphatic heterocycles. The van der Waals surface area contributed by atoms with Crippen molar-refractivity contribution in [1.29, 1.82) is 0 Å². The van der Waals surface area contributed by atoms with Crippen LogP contribution in [0.5, 0.6) is 0 Å². The Kier molecular flexibility index (Phi) is 4.62. The molecule has 2 amide bonds. The van der Waals surface area contributed by atoms with Gasteiger partial charge in [0.05, 0.1) is 4.90 Å². The van der Waals surface area contributed by atoms with Crippen molar-refractivity contribution in [2.24, 2.45) is 0 Å². The van der Waals surface area contributed by atoms with Crippen molar-refractivity contribution in [3.63, 3.8) is 0 Å². The Morgan fingerprint density at radius 2 is 1.64 bits per heavy atom. The van der Waals surface area contributed by atoms with Crippen molar-refractivity contribution >= 4 is 27.8 Å². The maximum atomic E-state index is 12.1. The molecule has 0 atom stereocenters. The number of carbonyl (C=O) groups is 1. The van der Waals surface area contributed by atoms with Crippen LogP contribution >= 0.6 is 0 Å². The van der Waals surface area contributed by atoms with Gasteiger partial charge in [0, 0.05) is 5.69 Å². The topological polar surface area (TPSA) is 75.3 Å². The van der Waals surface area contributed by atoms with Gasteiger partial charge in [-0.15, -0.1) is 0 Å². The summed E-state index contributed by atoms with van der Waals surface area (Å²) in [6.45, 7) is 5.48. The molecule has 114 valence electrons. The van der Waals surface area contributed by atoms with Gasteiger partial charge in [-0.2, -0.15) is 0 Å². The molecular formula is C16H16N2O3S. The molecule has 0 fully saturated rings. The molecule has 2 N–H and O–H groups in total. The van der Waals surface area contributed by atoms with Crippen LogP contribution in [-0.4, -0.2) is 14.4 Å². The zero-order valence-corrected chi connectivity index (χ0v) is 12.9. The van der Waals surface area contributed by atoms with Crippen molar-refractivity contribution < 1.29 is 13.2 Å². The first-order chi connectivity index (χ1) is 10.4. The lowest BCUT2D eigenvalue weighted by Crippen LogP contribution is -2.34. The molecule has 5 nitrogen and oxygen atoms in total. The van der Waals surface area contributed by atoms with Crippen LogP contribution in [0.2, 0.25) is 0 Å². The van der Waals surface area contributed by atoms with E-state index in [1.165, 1.54) is 12.1 Å². The van der Waals surface area contributed by atoms with Gasteiger partial charge in [0.1, 0.15) is 0 Å². The van der Waals surface area contributed by atoms with Crippen LogP contribution in [0.4, 0.5) is 10.5 Å². The van der Waals surface area contributed by atoms with Crippen LogP contribution < -0.4 is 10.0 Å². The van der Waals surface area contributed by atoms with E-state index in [9.17, 15) is 13.2 Å². The van der Waals surface area contributed by atoms with Crippen LogP contribution in [0.15, 0.2) is 60.0 Å². The summed E-state index contributed by atoms with van der Waals surface area (Å²) in [5.74, 6) is 0. The molecule has 22 heavy (non-hydrogen) atoms. The van der Waals surface area contributed by atoms with Crippen LogP contribution in [0.1, 0.15) is 11.1 Å². The largest absolute Gasteiger partial charge is 0.333 e. The summed E-state index contributed by atoms with van der Waals surface area (Å²) < 4.78 is 26.1. The van der Waals surface area contributed by atoms with Gasteiger partial charge < -0.3 is 5.32 Å². The lowest BCUT2D eigenvalue weighted by molar-refractivity contribution is 0.256. The average Bonchev–Trinajstić information content (AvgIpc) is 2.48. The molecule has 0 unspecified atom stereocenters. The fraction of sp³-hybridized carbons (Fsp3) is 0.0625. The number of aryl methyl sites for hydroxylation is 1. The van der Waals surface area contributed by atoms with Gasteiger partial charge in [0.15, 0.2) is 0 Å².